The molecular formula is C7H16N2. The van der Waals surface area contributed by atoms with E-state index in [1.165, 1.54) is 6.21 Å². The zero-order chi connectivity index (χ0) is 7.28. The van der Waals surface area contributed by atoms with Crippen LogP contribution < -0.4 is 0 Å². The van der Waals surface area contributed by atoms with Crippen LogP contribution in [0, 0.1) is 5.41 Å². The summed E-state index contributed by atoms with van der Waals surface area (Å²) in [5.41, 5.74) is 0. The standard InChI is InChI=1S/C7H16N2/c1-4-9(3)7(2)5-6-8/h6-8H,4-5H2,1-3H3. The topological polar surface area (TPSA) is 27.1 Å². The van der Waals surface area contributed by atoms with Crippen LogP contribution in [0.4, 0.5) is 0 Å². The van der Waals surface area contributed by atoms with Gasteiger partial charge in [0.2, 0.25) is 0 Å². The third-order valence-corrected chi connectivity index (χ3v) is 1.71. The van der Waals surface area contributed by atoms with Crippen molar-refractivity contribution in [3.63, 3.8) is 0 Å². The summed E-state index contributed by atoms with van der Waals surface area (Å²) in [6.45, 7) is 5.32. The largest absolute Gasteiger partial charge is 0.313 e. The van der Waals surface area contributed by atoms with Gasteiger partial charge in [0.1, 0.15) is 0 Å². The highest BCUT2D eigenvalue weighted by atomic mass is 15.1. The van der Waals surface area contributed by atoms with Gasteiger partial charge in [-0.3, -0.25) is 0 Å². The summed E-state index contributed by atoms with van der Waals surface area (Å²) in [5.74, 6) is 0. The van der Waals surface area contributed by atoms with Crippen molar-refractivity contribution in [1.29, 1.82) is 5.41 Å². The summed E-state index contributed by atoms with van der Waals surface area (Å²) in [6.07, 6.45) is 2.33. The summed E-state index contributed by atoms with van der Waals surface area (Å²) in [7, 11) is 2.08. The molecule has 1 atom stereocenters. The molecule has 0 saturated carbocycles. The summed E-state index contributed by atoms with van der Waals surface area (Å²) < 4.78 is 0. The van der Waals surface area contributed by atoms with Crippen molar-refractivity contribution >= 4 is 6.21 Å². The molecule has 0 spiro atoms. The number of hydrogen-bond acceptors (Lipinski definition) is 2. The van der Waals surface area contributed by atoms with Crippen molar-refractivity contribution in [1.82, 2.24) is 4.90 Å². The van der Waals surface area contributed by atoms with Crippen LogP contribution in [0.1, 0.15) is 20.3 Å². The second-order valence-corrected chi connectivity index (χ2v) is 2.36. The molecule has 9 heavy (non-hydrogen) atoms. The lowest BCUT2D eigenvalue weighted by molar-refractivity contribution is 0.278. The fourth-order valence-corrected chi connectivity index (χ4v) is 0.662. The molecule has 0 aromatic rings. The molecule has 0 heterocycles. The molecule has 0 radical (unpaired) electrons. The zero-order valence-electron chi connectivity index (χ0n) is 6.52. The Labute approximate surface area is 57.4 Å². The Kier molecular flexibility index (Phi) is 4.32. The van der Waals surface area contributed by atoms with Crippen LogP contribution in [0.15, 0.2) is 0 Å². The van der Waals surface area contributed by atoms with E-state index in [0.29, 0.717) is 6.04 Å². The molecule has 0 aromatic carbocycles. The van der Waals surface area contributed by atoms with Gasteiger partial charge in [0, 0.05) is 6.04 Å². The lowest BCUT2D eigenvalue weighted by Gasteiger charge is -2.20. The van der Waals surface area contributed by atoms with E-state index in [9.17, 15) is 0 Å². The third-order valence-electron chi connectivity index (χ3n) is 1.71. The van der Waals surface area contributed by atoms with E-state index in [2.05, 4.69) is 25.8 Å². The molecule has 2 heteroatoms. The molecule has 1 N–H and O–H groups in total. The van der Waals surface area contributed by atoms with Crippen molar-refractivity contribution in [2.45, 2.75) is 26.3 Å². The van der Waals surface area contributed by atoms with Crippen molar-refractivity contribution in [3.8, 4) is 0 Å². The fraction of sp³-hybridized carbons (Fsp3) is 0.857. The monoisotopic (exact) mass is 128 g/mol. The average molecular weight is 128 g/mol. The molecule has 0 bridgehead atoms. The van der Waals surface area contributed by atoms with Gasteiger partial charge in [-0.25, -0.2) is 0 Å². The Bertz CT molecular complexity index is 81.0. The molecular weight excluding hydrogens is 112 g/mol. The molecule has 0 rings (SSSR count). The predicted octanol–water partition coefficient (Wildman–Crippen LogP) is 1.37. The van der Waals surface area contributed by atoms with Crippen LogP contribution in [0.5, 0.6) is 0 Å². The molecule has 0 aromatic heterocycles. The quantitative estimate of drug-likeness (QED) is 0.569. The van der Waals surface area contributed by atoms with E-state index in [0.717, 1.165) is 13.0 Å². The van der Waals surface area contributed by atoms with Gasteiger partial charge in [0.25, 0.3) is 0 Å². The maximum Gasteiger partial charge on any atom is 0.0113 e. The summed E-state index contributed by atoms with van der Waals surface area (Å²) in [6, 6.07) is 0.521. The smallest absolute Gasteiger partial charge is 0.0113 e. The van der Waals surface area contributed by atoms with E-state index < -0.39 is 0 Å². The predicted molar refractivity (Wildman–Crippen MR) is 41.2 cm³/mol. The summed E-state index contributed by atoms with van der Waals surface area (Å²) in [4.78, 5) is 2.23. The molecule has 54 valence electrons. The Morgan fingerprint density at radius 3 is 2.56 bits per heavy atom. The van der Waals surface area contributed by atoms with Crippen LogP contribution in [0.2, 0.25) is 0 Å². The number of hydrogen-bond donors (Lipinski definition) is 1. The van der Waals surface area contributed by atoms with Gasteiger partial charge in [0.15, 0.2) is 0 Å². The fourth-order valence-electron chi connectivity index (χ4n) is 0.662. The molecule has 0 aliphatic carbocycles. The molecule has 0 aliphatic heterocycles. The first kappa shape index (κ1) is 8.63. The van der Waals surface area contributed by atoms with Crippen LogP contribution in [-0.2, 0) is 0 Å². The minimum absolute atomic E-state index is 0.521. The number of rotatable bonds is 4. The summed E-state index contributed by atoms with van der Waals surface area (Å²) in [5, 5.41) is 6.85. The van der Waals surface area contributed by atoms with Crippen LogP contribution in [0.25, 0.3) is 0 Å². The summed E-state index contributed by atoms with van der Waals surface area (Å²) >= 11 is 0. The highest BCUT2D eigenvalue weighted by Gasteiger charge is 2.02. The highest BCUT2D eigenvalue weighted by Crippen LogP contribution is 1.96. The minimum atomic E-state index is 0.521. The second kappa shape index (κ2) is 4.50. The SMILES string of the molecule is CCN(C)C(C)CC=N. The second-order valence-electron chi connectivity index (χ2n) is 2.36. The molecule has 2 nitrogen and oxygen atoms in total. The molecule has 0 aliphatic rings. The Morgan fingerprint density at radius 1 is 1.67 bits per heavy atom. The maximum absolute atomic E-state index is 6.85. The van der Waals surface area contributed by atoms with Gasteiger partial charge < -0.3 is 10.3 Å². The van der Waals surface area contributed by atoms with Crippen molar-refractivity contribution in [2.24, 2.45) is 0 Å². The Morgan fingerprint density at radius 2 is 2.22 bits per heavy atom. The molecule has 0 amide bonds. The Balaban J connectivity index is 3.44. The first-order chi connectivity index (χ1) is 4.22. The zero-order valence-corrected chi connectivity index (χ0v) is 6.52. The number of nitrogens with zero attached hydrogens (tertiary/aromatic N) is 1. The van der Waals surface area contributed by atoms with E-state index in [-0.39, 0.29) is 0 Å². The lowest BCUT2D eigenvalue weighted by atomic mass is 10.2. The first-order valence-electron chi connectivity index (χ1n) is 3.41. The third kappa shape index (κ3) is 3.25. The van der Waals surface area contributed by atoms with Gasteiger partial charge >= 0.3 is 0 Å². The first-order valence-corrected chi connectivity index (χ1v) is 3.41. The maximum atomic E-state index is 6.85. The van der Waals surface area contributed by atoms with Gasteiger partial charge in [-0.05, 0) is 33.2 Å². The lowest BCUT2D eigenvalue weighted by Crippen LogP contribution is -2.28. The molecule has 0 saturated heterocycles. The van der Waals surface area contributed by atoms with Crippen molar-refractivity contribution < 1.29 is 0 Å². The van der Waals surface area contributed by atoms with Crippen LogP contribution in [0.3, 0.4) is 0 Å². The van der Waals surface area contributed by atoms with E-state index in [1.54, 1.807) is 0 Å². The van der Waals surface area contributed by atoms with Gasteiger partial charge in [-0.2, -0.15) is 0 Å². The van der Waals surface area contributed by atoms with E-state index >= 15 is 0 Å². The van der Waals surface area contributed by atoms with Crippen LogP contribution >= 0.6 is 0 Å². The van der Waals surface area contributed by atoms with Gasteiger partial charge in [0.05, 0.1) is 0 Å². The highest BCUT2D eigenvalue weighted by molar-refractivity contribution is 5.53. The average Bonchev–Trinajstić information content (AvgIpc) is 1.87. The molecule has 1 unspecified atom stereocenters. The van der Waals surface area contributed by atoms with Gasteiger partial charge in [-0.15, -0.1) is 0 Å². The van der Waals surface area contributed by atoms with Gasteiger partial charge in [-0.1, -0.05) is 6.92 Å². The van der Waals surface area contributed by atoms with Crippen molar-refractivity contribution in [2.75, 3.05) is 13.6 Å². The Hall–Kier alpha value is -0.370. The van der Waals surface area contributed by atoms with E-state index in [1.807, 2.05) is 0 Å². The van der Waals surface area contributed by atoms with E-state index in [4.69, 9.17) is 5.41 Å². The van der Waals surface area contributed by atoms with Crippen molar-refractivity contribution in [3.05, 3.63) is 0 Å². The molecule has 0 fully saturated rings. The van der Waals surface area contributed by atoms with Crippen LogP contribution in [-0.4, -0.2) is 30.7 Å². The normalized spacial score (nSPS) is 13.8. The minimum Gasteiger partial charge on any atom is -0.313 e. The number of nitrogens with one attached hydrogen (secondary N) is 1.